The van der Waals surface area contributed by atoms with Crippen LogP contribution in [0.1, 0.15) is 24.5 Å². The summed E-state index contributed by atoms with van der Waals surface area (Å²) in [5, 5.41) is 2.65. The summed E-state index contributed by atoms with van der Waals surface area (Å²) in [4.78, 5) is 22.5. The van der Waals surface area contributed by atoms with Crippen LogP contribution in [0.2, 0.25) is 0 Å². The molecule has 7 heteroatoms. The number of ether oxygens (including phenoxy) is 1. The van der Waals surface area contributed by atoms with E-state index in [4.69, 9.17) is 4.74 Å². The van der Waals surface area contributed by atoms with Crippen LogP contribution in [0.15, 0.2) is 36.7 Å². The van der Waals surface area contributed by atoms with Crippen LogP contribution in [0.4, 0.5) is 4.39 Å². The zero-order chi connectivity index (χ0) is 17.6. The predicted molar refractivity (Wildman–Crippen MR) is 91.0 cm³/mol. The first-order valence-electron chi connectivity index (χ1n) is 8.33. The molecule has 0 bridgehead atoms. The molecular formula is C18H21FN4O2. The normalized spacial score (nSPS) is 17.9. The third-order valence-electron chi connectivity index (χ3n) is 4.26. The summed E-state index contributed by atoms with van der Waals surface area (Å²) < 4.78 is 18.9. The zero-order valence-electron chi connectivity index (χ0n) is 14.1. The quantitative estimate of drug-likeness (QED) is 0.902. The molecular weight excluding hydrogens is 323 g/mol. The van der Waals surface area contributed by atoms with Gasteiger partial charge in [-0.3, -0.25) is 14.7 Å². The highest BCUT2D eigenvalue weighted by molar-refractivity contribution is 5.77. The minimum Gasteiger partial charge on any atom is -0.437 e. The molecule has 132 valence electrons. The maximum Gasteiger partial charge on any atom is 0.241 e. The van der Waals surface area contributed by atoms with Gasteiger partial charge in [-0.15, -0.1) is 0 Å². The van der Waals surface area contributed by atoms with E-state index in [0.717, 1.165) is 31.6 Å². The van der Waals surface area contributed by atoms with Gasteiger partial charge in [-0.05, 0) is 43.7 Å². The van der Waals surface area contributed by atoms with Crippen LogP contribution in [0.3, 0.4) is 0 Å². The molecule has 2 aromatic rings. The number of hydrogen-bond donors (Lipinski definition) is 1. The Morgan fingerprint density at radius 2 is 2.08 bits per heavy atom. The number of benzene rings is 1. The van der Waals surface area contributed by atoms with E-state index < -0.39 is 0 Å². The van der Waals surface area contributed by atoms with Crippen LogP contribution in [0.5, 0.6) is 11.6 Å². The minimum absolute atomic E-state index is 0.00239. The Morgan fingerprint density at radius 3 is 2.84 bits per heavy atom. The molecule has 1 amide bonds. The summed E-state index contributed by atoms with van der Waals surface area (Å²) in [6.07, 6.45) is 5.16. The summed E-state index contributed by atoms with van der Waals surface area (Å²) in [6, 6.07) is 5.81. The molecule has 6 nitrogen and oxygen atoms in total. The number of halogens is 1. The van der Waals surface area contributed by atoms with Gasteiger partial charge in [-0.1, -0.05) is 0 Å². The van der Waals surface area contributed by atoms with E-state index in [9.17, 15) is 9.18 Å². The summed E-state index contributed by atoms with van der Waals surface area (Å²) in [5.41, 5.74) is 0.772. The van der Waals surface area contributed by atoms with E-state index in [1.54, 1.807) is 31.6 Å². The molecule has 1 saturated heterocycles. The van der Waals surface area contributed by atoms with Crippen molar-refractivity contribution in [1.29, 1.82) is 0 Å². The Hall–Kier alpha value is -2.54. The monoisotopic (exact) mass is 344 g/mol. The molecule has 1 atom stereocenters. The fourth-order valence-corrected chi connectivity index (χ4v) is 3.01. The maximum absolute atomic E-state index is 13.1. The van der Waals surface area contributed by atoms with Gasteiger partial charge in [0, 0.05) is 31.9 Å². The van der Waals surface area contributed by atoms with Crippen LogP contribution in [-0.4, -0.2) is 47.5 Å². The molecule has 0 spiro atoms. The van der Waals surface area contributed by atoms with Gasteiger partial charge in [0.05, 0.1) is 6.54 Å². The second kappa shape index (κ2) is 8.02. The first-order valence-corrected chi connectivity index (χ1v) is 8.33. The highest BCUT2D eigenvalue weighted by atomic mass is 19.1. The van der Waals surface area contributed by atoms with E-state index in [1.165, 1.54) is 12.1 Å². The highest BCUT2D eigenvalue weighted by Crippen LogP contribution is 2.32. The van der Waals surface area contributed by atoms with E-state index >= 15 is 0 Å². The summed E-state index contributed by atoms with van der Waals surface area (Å²) in [5.74, 6) is 0.774. The number of piperidine rings is 1. The number of carbonyl (C=O) groups is 1. The van der Waals surface area contributed by atoms with Gasteiger partial charge in [-0.25, -0.2) is 9.37 Å². The van der Waals surface area contributed by atoms with Crippen LogP contribution in [0.25, 0.3) is 0 Å². The molecule has 0 saturated carbocycles. The molecule has 1 aliphatic heterocycles. The third-order valence-corrected chi connectivity index (χ3v) is 4.26. The van der Waals surface area contributed by atoms with E-state index in [1.807, 2.05) is 0 Å². The smallest absolute Gasteiger partial charge is 0.241 e. The lowest BCUT2D eigenvalue weighted by atomic mass is 9.94. The van der Waals surface area contributed by atoms with Crippen molar-refractivity contribution in [3.8, 4) is 11.6 Å². The van der Waals surface area contributed by atoms with Crippen molar-refractivity contribution >= 4 is 5.91 Å². The Balaban J connectivity index is 1.75. The molecule has 1 fully saturated rings. The van der Waals surface area contributed by atoms with Crippen LogP contribution in [-0.2, 0) is 4.79 Å². The predicted octanol–water partition coefficient (Wildman–Crippen LogP) is 2.33. The van der Waals surface area contributed by atoms with Crippen molar-refractivity contribution in [1.82, 2.24) is 20.2 Å². The number of aromatic nitrogens is 2. The maximum atomic E-state index is 13.1. The number of nitrogens with zero attached hydrogens (tertiary/aromatic N) is 3. The number of nitrogens with one attached hydrogen (secondary N) is 1. The molecule has 1 N–H and O–H groups in total. The first-order chi connectivity index (χ1) is 12.2. The molecule has 1 aromatic carbocycles. The average molecular weight is 344 g/mol. The SMILES string of the molecule is CNC(=O)CN1CCC[C@@H](c2nccnc2Oc2ccc(F)cc2)C1. The topological polar surface area (TPSA) is 67.4 Å². The number of likely N-dealkylation sites (N-methyl/N-ethyl adjacent to an activating group) is 1. The van der Waals surface area contributed by atoms with Gasteiger partial charge >= 0.3 is 0 Å². The Morgan fingerprint density at radius 1 is 1.32 bits per heavy atom. The fourth-order valence-electron chi connectivity index (χ4n) is 3.01. The number of rotatable bonds is 5. The third kappa shape index (κ3) is 4.51. The van der Waals surface area contributed by atoms with Gasteiger partial charge < -0.3 is 10.1 Å². The number of carbonyl (C=O) groups excluding carboxylic acids is 1. The fraction of sp³-hybridized carbons (Fsp3) is 0.389. The molecule has 2 heterocycles. The lowest BCUT2D eigenvalue weighted by molar-refractivity contribution is -0.122. The number of amides is 1. The Kier molecular flexibility index (Phi) is 5.55. The standard InChI is InChI=1S/C18H21FN4O2/c1-20-16(24)12-23-10-2-3-13(11-23)17-18(22-9-8-21-17)25-15-6-4-14(19)5-7-15/h4-9,13H,2-3,10-12H2,1H3,(H,20,24)/t13-/m1/s1. The van der Waals surface area contributed by atoms with Crippen molar-refractivity contribution in [3.63, 3.8) is 0 Å². The van der Waals surface area contributed by atoms with Crippen LogP contribution >= 0.6 is 0 Å². The summed E-state index contributed by atoms with van der Waals surface area (Å²) >= 11 is 0. The Labute approximate surface area is 146 Å². The molecule has 1 aliphatic rings. The van der Waals surface area contributed by atoms with E-state index in [0.29, 0.717) is 18.2 Å². The second-order valence-corrected chi connectivity index (χ2v) is 6.05. The van der Waals surface area contributed by atoms with Crippen molar-refractivity contribution < 1.29 is 13.9 Å². The summed E-state index contributed by atoms with van der Waals surface area (Å²) in [7, 11) is 1.64. The van der Waals surface area contributed by atoms with Crippen molar-refractivity contribution in [2.45, 2.75) is 18.8 Å². The highest BCUT2D eigenvalue weighted by Gasteiger charge is 2.26. The second-order valence-electron chi connectivity index (χ2n) is 6.05. The molecule has 25 heavy (non-hydrogen) atoms. The number of hydrogen-bond acceptors (Lipinski definition) is 5. The van der Waals surface area contributed by atoms with Gasteiger partial charge in [0.15, 0.2) is 0 Å². The molecule has 0 aliphatic carbocycles. The van der Waals surface area contributed by atoms with Crippen molar-refractivity contribution in [2.75, 3.05) is 26.7 Å². The average Bonchev–Trinajstić information content (AvgIpc) is 2.64. The van der Waals surface area contributed by atoms with Gasteiger partial charge in [0.1, 0.15) is 17.3 Å². The Bertz CT molecular complexity index is 723. The zero-order valence-corrected chi connectivity index (χ0v) is 14.1. The van der Waals surface area contributed by atoms with Crippen molar-refractivity contribution in [2.24, 2.45) is 0 Å². The van der Waals surface area contributed by atoms with Gasteiger partial charge in [-0.2, -0.15) is 0 Å². The number of likely N-dealkylation sites (tertiary alicyclic amines) is 1. The molecule has 1 aromatic heterocycles. The van der Waals surface area contributed by atoms with Crippen LogP contribution < -0.4 is 10.1 Å². The lowest BCUT2D eigenvalue weighted by Crippen LogP contribution is -2.41. The first kappa shape index (κ1) is 17.3. The van der Waals surface area contributed by atoms with Gasteiger partial charge in [0.2, 0.25) is 11.8 Å². The van der Waals surface area contributed by atoms with E-state index in [-0.39, 0.29) is 17.6 Å². The van der Waals surface area contributed by atoms with Crippen LogP contribution in [0, 0.1) is 5.82 Å². The minimum atomic E-state index is -0.316. The van der Waals surface area contributed by atoms with Gasteiger partial charge in [0.25, 0.3) is 0 Å². The molecule has 0 unspecified atom stereocenters. The summed E-state index contributed by atoms with van der Waals surface area (Å²) in [6.45, 7) is 1.99. The molecule has 0 radical (unpaired) electrons. The molecule has 3 rings (SSSR count). The lowest BCUT2D eigenvalue weighted by Gasteiger charge is -2.32. The largest absolute Gasteiger partial charge is 0.437 e. The van der Waals surface area contributed by atoms with E-state index in [2.05, 4.69) is 20.2 Å². The van der Waals surface area contributed by atoms with Crippen molar-refractivity contribution in [3.05, 3.63) is 48.2 Å².